The zero-order chi connectivity index (χ0) is 18.1. The summed E-state index contributed by atoms with van der Waals surface area (Å²) in [6.07, 6.45) is 3.88. The zero-order valence-electron chi connectivity index (χ0n) is 16.2. The van der Waals surface area contributed by atoms with Gasteiger partial charge < -0.3 is 15.5 Å². The molecular formula is C21H33N3O. The second-order valence-electron chi connectivity index (χ2n) is 9.09. The standard InChI is InChI=1S/C21H33N3O/c1-20(2)14-16(15-21(3,4)23-20)13-19(25)22-10-12-24-11-9-17-7-5-6-8-18(17)24/h5-8,16,23H,9-15H2,1-4H3,(H,22,25). The van der Waals surface area contributed by atoms with Crippen LogP contribution in [0.5, 0.6) is 0 Å². The lowest BCUT2D eigenvalue weighted by Crippen LogP contribution is -2.58. The lowest BCUT2D eigenvalue weighted by molar-refractivity contribution is -0.122. The number of fused-ring (bicyclic) bond motifs is 1. The highest BCUT2D eigenvalue weighted by molar-refractivity contribution is 5.76. The van der Waals surface area contributed by atoms with Crippen LogP contribution in [0, 0.1) is 5.92 Å². The van der Waals surface area contributed by atoms with Gasteiger partial charge in [-0.25, -0.2) is 0 Å². The van der Waals surface area contributed by atoms with Crippen molar-refractivity contribution in [1.82, 2.24) is 10.6 Å². The number of rotatable bonds is 5. The number of hydrogen-bond donors (Lipinski definition) is 2. The number of nitrogens with one attached hydrogen (secondary N) is 2. The van der Waals surface area contributed by atoms with Gasteiger partial charge in [0.15, 0.2) is 0 Å². The summed E-state index contributed by atoms with van der Waals surface area (Å²) in [6, 6.07) is 8.58. The van der Waals surface area contributed by atoms with Crippen LogP contribution in [-0.2, 0) is 11.2 Å². The van der Waals surface area contributed by atoms with Crippen molar-refractivity contribution in [3.05, 3.63) is 29.8 Å². The molecule has 0 aliphatic carbocycles. The Morgan fingerprint density at radius 2 is 1.88 bits per heavy atom. The van der Waals surface area contributed by atoms with Gasteiger partial charge in [-0.2, -0.15) is 0 Å². The van der Waals surface area contributed by atoms with Crippen molar-refractivity contribution in [2.75, 3.05) is 24.5 Å². The van der Waals surface area contributed by atoms with E-state index in [-0.39, 0.29) is 17.0 Å². The molecule has 0 bridgehead atoms. The van der Waals surface area contributed by atoms with Crippen molar-refractivity contribution < 1.29 is 4.79 Å². The highest BCUT2D eigenvalue weighted by Crippen LogP contribution is 2.34. The summed E-state index contributed by atoms with van der Waals surface area (Å²) in [4.78, 5) is 14.8. The number of para-hydroxylation sites is 1. The summed E-state index contributed by atoms with van der Waals surface area (Å²) >= 11 is 0. The third kappa shape index (κ3) is 4.75. The predicted molar refractivity (Wildman–Crippen MR) is 104 cm³/mol. The maximum atomic E-state index is 12.4. The third-order valence-electron chi connectivity index (χ3n) is 5.44. The molecular weight excluding hydrogens is 310 g/mol. The van der Waals surface area contributed by atoms with Crippen molar-refractivity contribution in [2.45, 2.75) is 64.5 Å². The number of anilines is 1. The van der Waals surface area contributed by atoms with E-state index in [1.54, 1.807) is 0 Å². The van der Waals surface area contributed by atoms with E-state index in [1.807, 2.05) is 0 Å². The first-order chi connectivity index (χ1) is 11.7. The maximum absolute atomic E-state index is 12.4. The second kappa shape index (κ2) is 6.99. The quantitative estimate of drug-likeness (QED) is 0.863. The maximum Gasteiger partial charge on any atom is 0.220 e. The molecule has 2 aliphatic rings. The Morgan fingerprint density at radius 3 is 2.60 bits per heavy atom. The molecule has 0 saturated carbocycles. The Bertz CT molecular complexity index is 607. The van der Waals surface area contributed by atoms with Crippen LogP contribution in [0.1, 0.15) is 52.5 Å². The van der Waals surface area contributed by atoms with Crippen LogP contribution in [0.3, 0.4) is 0 Å². The van der Waals surface area contributed by atoms with Gasteiger partial charge >= 0.3 is 0 Å². The Hall–Kier alpha value is -1.55. The summed E-state index contributed by atoms with van der Waals surface area (Å²) in [6.45, 7) is 11.6. The molecule has 2 heterocycles. The fourth-order valence-corrected chi connectivity index (χ4v) is 4.98. The van der Waals surface area contributed by atoms with Gasteiger partial charge in [0.1, 0.15) is 0 Å². The molecule has 0 spiro atoms. The lowest BCUT2D eigenvalue weighted by Gasteiger charge is -2.46. The molecule has 0 radical (unpaired) electrons. The van der Waals surface area contributed by atoms with E-state index in [1.165, 1.54) is 11.3 Å². The Labute approximate surface area is 152 Å². The van der Waals surface area contributed by atoms with Gasteiger partial charge in [0, 0.05) is 42.8 Å². The normalized spacial score (nSPS) is 21.8. The molecule has 3 rings (SSSR count). The Kier molecular flexibility index (Phi) is 5.10. The van der Waals surface area contributed by atoms with Gasteiger partial charge in [-0.15, -0.1) is 0 Å². The Balaban J connectivity index is 1.44. The molecule has 2 N–H and O–H groups in total. The van der Waals surface area contributed by atoms with E-state index in [9.17, 15) is 4.79 Å². The van der Waals surface area contributed by atoms with Gasteiger partial charge in [-0.3, -0.25) is 4.79 Å². The van der Waals surface area contributed by atoms with Crippen molar-refractivity contribution in [2.24, 2.45) is 5.92 Å². The minimum absolute atomic E-state index is 0.103. The third-order valence-corrected chi connectivity index (χ3v) is 5.44. The summed E-state index contributed by atoms with van der Waals surface area (Å²) in [5.41, 5.74) is 2.96. The van der Waals surface area contributed by atoms with Crippen LogP contribution in [0.15, 0.2) is 24.3 Å². The largest absolute Gasteiger partial charge is 0.369 e. The van der Waals surface area contributed by atoms with E-state index in [0.717, 1.165) is 38.9 Å². The number of nitrogens with zero attached hydrogens (tertiary/aromatic N) is 1. The minimum atomic E-state index is 0.103. The molecule has 0 atom stereocenters. The number of benzene rings is 1. The Morgan fingerprint density at radius 1 is 1.20 bits per heavy atom. The van der Waals surface area contributed by atoms with Gasteiger partial charge in [0.05, 0.1) is 0 Å². The molecule has 1 amide bonds. The van der Waals surface area contributed by atoms with Crippen molar-refractivity contribution in [3.8, 4) is 0 Å². The molecule has 2 aliphatic heterocycles. The van der Waals surface area contributed by atoms with Gasteiger partial charge in [-0.05, 0) is 64.5 Å². The van der Waals surface area contributed by atoms with Crippen molar-refractivity contribution >= 4 is 11.6 Å². The molecule has 1 aromatic rings. The van der Waals surface area contributed by atoms with Crippen molar-refractivity contribution in [3.63, 3.8) is 0 Å². The molecule has 1 fully saturated rings. The molecule has 25 heavy (non-hydrogen) atoms. The minimum Gasteiger partial charge on any atom is -0.369 e. The van der Waals surface area contributed by atoms with Gasteiger partial charge in [-0.1, -0.05) is 18.2 Å². The van der Waals surface area contributed by atoms with Crippen LogP contribution in [-0.4, -0.2) is 36.6 Å². The van der Waals surface area contributed by atoms with E-state index < -0.39 is 0 Å². The fraction of sp³-hybridized carbons (Fsp3) is 0.667. The molecule has 1 saturated heterocycles. The van der Waals surface area contributed by atoms with Crippen LogP contribution in [0.4, 0.5) is 5.69 Å². The van der Waals surface area contributed by atoms with Crippen LogP contribution in [0.2, 0.25) is 0 Å². The molecule has 1 aromatic carbocycles. The number of carbonyl (C=O) groups excluding carboxylic acids is 1. The topological polar surface area (TPSA) is 44.4 Å². The average molecular weight is 344 g/mol. The smallest absolute Gasteiger partial charge is 0.220 e. The van der Waals surface area contributed by atoms with Crippen LogP contribution >= 0.6 is 0 Å². The molecule has 0 unspecified atom stereocenters. The molecule has 4 heteroatoms. The lowest BCUT2D eigenvalue weighted by atomic mass is 9.74. The monoisotopic (exact) mass is 343 g/mol. The highest BCUT2D eigenvalue weighted by atomic mass is 16.1. The number of hydrogen-bond acceptors (Lipinski definition) is 3. The first-order valence-corrected chi connectivity index (χ1v) is 9.63. The fourth-order valence-electron chi connectivity index (χ4n) is 4.98. The SMILES string of the molecule is CC1(C)CC(CC(=O)NCCN2CCc3ccccc32)CC(C)(C)N1. The van der Waals surface area contributed by atoms with Crippen LogP contribution < -0.4 is 15.5 Å². The van der Waals surface area contributed by atoms with E-state index in [2.05, 4.69) is 67.5 Å². The van der Waals surface area contributed by atoms with Crippen LogP contribution in [0.25, 0.3) is 0 Å². The summed E-state index contributed by atoms with van der Waals surface area (Å²) < 4.78 is 0. The van der Waals surface area contributed by atoms with E-state index in [4.69, 9.17) is 0 Å². The highest BCUT2D eigenvalue weighted by Gasteiger charge is 2.38. The first-order valence-electron chi connectivity index (χ1n) is 9.63. The second-order valence-corrected chi connectivity index (χ2v) is 9.09. The average Bonchev–Trinajstić information content (AvgIpc) is 2.87. The van der Waals surface area contributed by atoms with Gasteiger partial charge in [0.25, 0.3) is 0 Å². The molecule has 0 aromatic heterocycles. The first kappa shape index (κ1) is 18.2. The van der Waals surface area contributed by atoms with Crippen molar-refractivity contribution in [1.29, 1.82) is 0 Å². The van der Waals surface area contributed by atoms with E-state index in [0.29, 0.717) is 12.3 Å². The zero-order valence-corrected chi connectivity index (χ0v) is 16.2. The summed E-state index contributed by atoms with van der Waals surface area (Å²) in [5, 5.41) is 6.83. The number of carbonyl (C=O) groups is 1. The van der Waals surface area contributed by atoms with Gasteiger partial charge in [0.2, 0.25) is 5.91 Å². The molecule has 138 valence electrons. The number of piperidine rings is 1. The molecule has 4 nitrogen and oxygen atoms in total. The number of amides is 1. The predicted octanol–water partition coefficient (Wildman–Crippen LogP) is 3.11. The summed E-state index contributed by atoms with van der Waals surface area (Å²) in [5.74, 6) is 0.657. The summed E-state index contributed by atoms with van der Waals surface area (Å²) in [7, 11) is 0. The van der Waals surface area contributed by atoms with E-state index >= 15 is 0 Å².